The van der Waals surface area contributed by atoms with E-state index >= 15 is 0 Å². The number of anilines is 1. The molecule has 1 rings (SSSR count). The molecule has 0 fully saturated rings. The molecule has 1 atom stereocenters. The molecule has 1 aromatic heterocycles. The molecule has 0 bridgehead atoms. The Balaban J connectivity index is 2.14. The van der Waals surface area contributed by atoms with Gasteiger partial charge in [-0.25, -0.2) is 4.98 Å². The molecular formula is C9H15N3OS2. The molecule has 0 spiro atoms. The van der Waals surface area contributed by atoms with Crippen LogP contribution in [0.5, 0.6) is 0 Å². The predicted molar refractivity (Wildman–Crippen MR) is 66.3 cm³/mol. The summed E-state index contributed by atoms with van der Waals surface area (Å²) in [6.45, 7) is 2.04. The Kier molecular flexibility index (Phi) is 5.67. The van der Waals surface area contributed by atoms with Crippen molar-refractivity contribution in [3.05, 3.63) is 11.6 Å². The first-order valence-electron chi connectivity index (χ1n) is 4.75. The zero-order valence-corrected chi connectivity index (χ0v) is 10.2. The summed E-state index contributed by atoms with van der Waals surface area (Å²) in [4.78, 5) is 15.3. The number of thiazole rings is 1. The fourth-order valence-corrected chi connectivity index (χ4v) is 2.32. The highest BCUT2D eigenvalue weighted by Gasteiger charge is 2.05. The quantitative estimate of drug-likeness (QED) is 0.798. The van der Waals surface area contributed by atoms with Crippen molar-refractivity contribution in [3.8, 4) is 0 Å². The number of aromatic nitrogens is 1. The van der Waals surface area contributed by atoms with Crippen molar-refractivity contribution in [2.24, 2.45) is 5.73 Å². The van der Waals surface area contributed by atoms with Gasteiger partial charge in [-0.15, -0.1) is 11.3 Å². The first-order chi connectivity index (χ1) is 7.22. The Morgan fingerprint density at radius 3 is 3.20 bits per heavy atom. The molecule has 0 aliphatic heterocycles. The van der Waals surface area contributed by atoms with E-state index in [1.807, 2.05) is 12.3 Å². The van der Waals surface area contributed by atoms with Gasteiger partial charge in [0.15, 0.2) is 5.13 Å². The second-order valence-electron chi connectivity index (χ2n) is 3.07. The van der Waals surface area contributed by atoms with E-state index in [2.05, 4.69) is 10.3 Å². The molecule has 84 valence electrons. The van der Waals surface area contributed by atoms with Crippen molar-refractivity contribution in [2.45, 2.75) is 19.4 Å². The lowest BCUT2D eigenvalue weighted by atomic mass is 10.3. The first-order valence-corrected chi connectivity index (χ1v) is 6.78. The zero-order chi connectivity index (χ0) is 11.1. The van der Waals surface area contributed by atoms with Crippen LogP contribution in [0, 0.1) is 0 Å². The molecule has 4 nitrogen and oxygen atoms in total. The van der Waals surface area contributed by atoms with Gasteiger partial charge < -0.3 is 11.1 Å². The van der Waals surface area contributed by atoms with Crippen molar-refractivity contribution < 1.29 is 4.79 Å². The SMILES string of the molecule is CCC(N)CSCC(=O)Nc1nccs1. The number of amides is 1. The van der Waals surface area contributed by atoms with Crippen LogP contribution in [-0.2, 0) is 4.79 Å². The van der Waals surface area contributed by atoms with E-state index in [1.54, 1.807) is 18.0 Å². The molecule has 0 saturated heterocycles. The predicted octanol–water partition coefficient (Wildman–Crippen LogP) is 1.55. The second-order valence-corrected chi connectivity index (χ2v) is 4.99. The summed E-state index contributed by atoms with van der Waals surface area (Å²) in [6, 6.07) is 0.183. The Labute approximate surface area is 97.7 Å². The number of hydrogen-bond donors (Lipinski definition) is 2. The number of thioether (sulfide) groups is 1. The van der Waals surface area contributed by atoms with Gasteiger partial charge in [-0.2, -0.15) is 11.8 Å². The molecule has 0 saturated carbocycles. The fraction of sp³-hybridized carbons (Fsp3) is 0.556. The topological polar surface area (TPSA) is 68.0 Å². The molecule has 1 unspecified atom stereocenters. The summed E-state index contributed by atoms with van der Waals surface area (Å²) in [6.07, 6.45) is 2.61. The van der Waals surface area contributed by atoms with Crippen LogP contribution >= 0.6 is 23.1 Å². The van der Waals surface area contributed by atoms with E-state index in [1.165, 1.54) is 11.3 Å². The Morgan fingerprint density at radius 2 is 2.60 bits per heavy atom. The normalized spacial score (nSPS) is 12.4. The van der Waals surface area contributed by atoms with Crippen LogP contribution in [0.3, 0.4) is 0 Å². The van der Waals surface area contributed by atoms with E-state index in [9.17, 15) is 4.79 Å². The van der Waals surface area contributed by atoms with Crippen molar-refractivity contribution in [1.29, 1.82) is 0 Å². The second kappa shape index (κ2) is 6.81. The third kappa shape index (κ3) is 5.15. The molecule has 0 aliphatic rings. The molecule has 0 radical (unpaired) electrons. The molecule has 0 aliphatic carbocycles. The Bertz CT molecular complexity index is 290. The minimum atomic E-state index is -0.0155. The summed E-state index contributed by atoms with van der Waals surface area (Å²) in [5.41, 5.74) is 5.73. The van der Waals surface area contributed by atoms with Crippen LogP contribution in [-0.4, -0.2) is 28.4 Å². The van der Waals surface area contributed by atoms with Gasteiger partial charge in [-0.1, -0.05) is 6.92 Å². The van der Waals surface area contributed by atoms with E-state index in [-0.39, 0.29) is 11.9 Å². The summed E-state index contributed by atoms with van der Waals surface area (Å²) < 4.78 is 0. The van der Waals surface area contributed by atoms with Gasteiger partial charge in [0.25, 0.3) is 0 Å². The molecule has 1 heterocycles. The van der Waals surface area contributed by atoms with Crippen LogP contribution in [0.25, 0.3) is 0 Å². The Hall–Kier alpha value is -0.590. The summed E-state index contributed by atoms with van der Waals surface area (Å²) >= 11 is 2.97. The van der Waals surface area contributed by atoms with Crippen molar-refractivity contribution in [2.75, 3.05) is 16.8 Å². The zero-order valence-electron chi connectivity index (χ0n) is 8.60. The van der Waals surface area contributed by atoms with E-state index in [0.29, 0.717) is 10.9 Å². The van der Waals surface area contributed by atoms with E-state index < -0.39 is 0 Å². The molecule has 0 aromatic carbocycles. The largest absolute Gasteiger partial charge is 0.327 e. The lowest BCUT2D eigenvalue weighted by Gasteiger charge is -2.07. The minimum absolute atomic E-state index is 0.0155. The van der Waals surface area contributed by atoms with Gasteiger partial charge in [0, 0.05) is 23.4 Å². The van der Waals surface area contributed by atoms with Gasteiger partial charge in [-0.3, -0.25) is 4.79 Å². The van der Waals surface area contributed by atoms with Crippen LogP contribution < -0.4 is 11.1 Å². The van der Waals surface area contributed by atoms with Gasteiger partial charge in [0.2, 0.25) is 5.91 Å². The maximum atomic E-state index is 11.4. The highest BCUT2D eigenvalue weighted by molar-refractivity contribution is 8.00. The van der Waals surface area contributed by atoms with E-state index in [0.717, 1.165) is 12.2 Å². The lowest BCUT2D eigenvalue weighted by Crippen LogP contribution is -2.23. The summed E-state index contributed by atoms with van der Waals surface area (Å²) in [5.74, 6) is 1.24. The van der Waals surface area contributed by atoms with Crippen molar-refractivity contribution in [1.82, 2.24) is 4.98 Å². The van der Waals surface area contributed by atoms with E-state index in [4.69, 9.17) is 5.73 Å². The summed E-state index contributed by atoms with van der Waals surface area (Å²) in [7, 11) is 0. The average Bonchev–Trinajstić information content (AvgIpc) is 2.70. The van der Waals surface area contributed by atoms with Gasteiger partial charge in [0.05, 0.1) is 5.75 Å². The number of carbonyl (C=O) groups is 1. The smallest absolute Gasteiger partial charge is 0.236 e. The fourth-order valence-electron chi connectivity index (χ4n) is 0.861. The molecule has 1 amide bonds. The van der Waals surface area contributed by atoms with Gasteiger partial charge in [-0.05, 0) is 6.42 Å². The maximum Gasteiger partial charge on any atom is 0.236 e. The average molecular weight is 245 g/mol. The minimum Gasteiger partial charge on any atom is -0.327 e. The third-order valence-electron chi connectivity index (χ3n) is 1.77. The standard InChI is InChI=1S/C9H15N3OS2/c1-2-7(10)5-14-6-8(13)12-9-11-3-4-15-9/h3-4,7H,2,5-6,10H2,1H3,(H,11,12,13). The molecule has 1 aromatic rings. The third-order valence-corrected chi connectivity index (χ3v) is 3.59. The van der Waals surface area contributed by atoms with Crippen LogP contribution in [0.2, 0.25) is 0 Å². The molecule has 3 N–H and O–H groups in total. The number of nitrogens with zero attached hydrogens (tertiary/aromatic N) is 1. The molecular weight excluding hydrogens is 230 g/mol. The van der Waals surface area contributed by atoms with Crippen LogP contribution in [0.4, 0.5) is 5.13 Å². The van der Waals surface area contributed by atoms with Gasteiger partial charge >= 0.3 is 0 Å². The maximum absolute atomic E-state index is 11.4. The van der Waals surface area contributed by atoms with Crippen LogP contribution in [0.1, 0.15) is 13.3 Å². The van der Waals surface area contributed by atoms with Crippen molar-refractivity contribution >= 4 is 34.1 Å². The number of hydrogen-bond acceptors (Lipinski definition) is 5. The number of nitrogens with one attached hydrogen (secondary N) is 1. The summed E-state index contributed by atoms with van der Waals surface area (Å²) in [5, 5.41) is 5.20. The Morgan fingerprint density at radius 1 is 1.80 bits per heavy atom. The highest BCUT2D eigenvalue weighted by Crippen LogP contribution is 2.11. The molecule has 6 heteroatoms. The van der Waals surface area contributed by atoms with Gasteiger partial charge in [0.1, 0.15) is 0 Å². The first kappa shape index (κ1) is 12.5. The number of carbonyl (C=O) groups excluding carboxylic acids is 1. The number of nitrogens with two attached hydrogens (primary N) is 1. The lowest BCUT2D eigenvalue weighted by molar-refractivity contribution is -0.113. The highest BCUT2D eigenvalue weighted by atomic mass is 32.2. The van der Waals surface area contributed by atoms with Crippen LogP contribution in [0.15, 0.2) is 11.6 Å². The monoisotopic (exact) mass is 245 g/mol. The number of rotatable bonds is 6. The van der Waals surface area contributed by atoms with Crippen molar-refractivity contribution in [3.63, 3.8) is 0 Å². The molecule has 15 heavy (non-hydrogen) atoms.